The number of allylic oxidation sites excluding steroid dienone is 2. The van der Waals surface area contributed by atoms with Crippen LogP contribution in [0.3, 0.4) is 0 Å². The fourth-order valence-corrected chi connectivity index (χ4v) is 3.77. The summed E-state index contributed by atoms with van der Waals surface area (Å²) in [7, 11) is 2.09. The van der Waals surface area contributed by atoms with E-state index < -0.39 is 0 Å². The molecular formula is C24H25N3. The summed E-state index contributed by atoms with van der Waals surface area (Å²) in [6.07, 6.45) is 9.00. The smallest absolute Gasteiger partial charge is 0.140 e. The Balaban J connectivity index is 1.69. The van der Waals surface area contributed by atoms with E-state index in [0.717, 1.165) is 23.6 Å². The van der Waals surface area contributed by atoms with Gasteiger partial charge in [0.1, 0.15) is 5.84 Å². The minimum Gasteiger partial charge on any atom is -0.361 e. The lowest BCUT2D eigenvalue weighted by atomic mass is 10.0. The molecule has 0 aromatic heterocycles. The lowest BCUT2D eigenvalue weighted by Crippen LogP contribution is -2.36. The molecule has 0 aliphatic carbocycles. The Bertz CT molecular complexity index is 951. The van der Waals surface area contributed by atoms with Gasteiger partial charge in [0.2, 0.25) is 0 Å². The van der Waals surface area contributed by atoms with E-state index in [9.17, 15) is 0 Å². The first-order chi connectivity index (χ1) is 13.2. The molecule has 1 unspecified atom stereocenters. The zero-order valence-corrected chi connectivity index (χ0v) is 16.1. The van der Waals surface area contributed by atoms with E-state index in [-0.39, 0.29) is 6.04 Å². The van der Waals surface area contributed by atoms with Crippen LogP contribution >= 0.6 is 0 Å². The number of hydrogen-bond acceptors (Lipinski definition) is 3. The second kappa shape index (κ2) is 7.28. The van der Waals surface area contributed by atoms with E-state index in [1.807, 2.05) is 6.07 Å². The van der Waals surface area contributed by atoms with E-state index in [0.29, 0.717) is 0 Å². The van der Waals surface area contributed by atoms with Gasteiger partial charge in [-0.05, 0) is 37.6 Å². The zero-order valence-electron chi connectivity index (χ0n) is 16.1. The molecule has 0 saturated heterocycles. The molecule has 3 heteroatoms. The number of amidine groups is 1. The summed E-state index contributed by atoms with van der Waals surface area (Å²) in [4.78, 5) is 9.41. The molecule has 136 valence electrons. The zero-order chi connectivity index (χ0) is 18.8. The minimum absolute atomic E-state index is 0.224. The molecule has 0 N–H and O–H groups in total. The van der Waals surface area contributed by atoms with Gasteiger partial charge in [0.05, 0.1) is 6.04 Å². The lowest BCUT2D eigenvalue weighted by molar-refractivity contribution is 0.626. The summed E-state index contributed by atoms with van der Waals surface area (Å²) in [5, 5.41) is 0. The summed E-state index contributed by atoms with van der Waals surface area (Å²) < 4.78 is 0. The van der Waals surface area contributed by atoms with Gasteiger partial charge in [0, 0.05) is 36.2 Å². The first-order valence-electron chi connectivity index (χ1n) is 9.49. The molecule has 0 amide bonds. The average Bonchev–Trinajstić information content (AvgIpc) is 2.71. The molecule has 0 spiro atoms. The van der Waals surface area contributed by atoms with Gasteiger partial charge >= 0.3 is 0 Å². The summed E-state index contributed by atoms with van der Waals surface area (Å²) in [6.45, 7) is 5.24. The third kappa shape index (κ3) is 3.33. The van der Waals surface area contributed by atoms with Gasteiger partial charge in [-0.25, -0.2) is 4.99 Å². The van der Waals surface area contributed by atoms with Crippen molar-refractivity contribution in [3.63, 3.8) is 0 Å². The van der Waals surface area contributed by atoms with E-state index in [1.165, 1.54) is 16.9 Å². The van der Waals surface area contributed by atoms with Crippen LogP contribution in [-0.4, -0.2) is 30.4 Å². The highest BCUT2D eigenvalue weighted by atomic mass is 15.2. The Kier molecular flexibility index (Phi) is 4.68. The number of anilines is 1. The summed E-state index contributed by atoms with van der Waals surface area (Å²) in [5.41, 5.74) is 5.91. The van der Waals surface area contributed by atoms with Crippen molar-refractivity contribution in [2.45, 2.75) is 19.9 Å². The molecule has 2 aromatic carbocycles. The van der Waals surface area contributed by atoms with E-state index in [4.69, 9.17) is 4.99 Å². The molecule has 2 aliphatic heterocycles. The number of para-hydroxylation sites is 1. The number of fused-ring (bicyclic) bond motifs is 1. The maximum absolute atomic E-state index is 4.78. The van der Waals surface area contributed by atoms with Crippen molar-refractivity contribution < 1.29 is 0 Å². The Morgan fingerprint density at radius 2 is 1.78 bits per heavy atom. The molecule has 0 fully saturated rings. The third-order valence-corrected chi connectivity index (χ3v) is 5.14. The number of rotatable bonds is 3. The third-order valence-electron chi connectivity index (χ3n) is 5.14. The van der Waals surface area contributed by atoms with Crippen molar-refractivity contribution in [2.24, 2.45) is 4.99 Å². The van der Waals surface area contributed by atoms with Crippen molar-refractivity contribution in [3.05, 3.63) is 95.3 Å². The van der Waals surface area contributed by atoms with Gasteiger partial charge < -0.3 is 9.80 Å². The largest absolute Gasteiger partial charge is 0.361 e. The molecule has 3 nitrogen and oxygen atoms in total. The predicted octanol–water partition coefficient (Wildman–Crippen LogP) is 5.09. The Hall–Kier alpha value is -3.07. The molecule has 0 bridgehead atoms. The lowest BCUT2D eigenvalue weighted by Gasteiger charge is -2.35. The molecule has 4 rings (SSSR count). The molecule has 27 heavy (non-hydrogen) atoms. The van der Waals surface area contributed by atoms with Gasteiger partial charge in [0.25, 0.3) is 0 Å². The molecule has 2 aliphatic rings. The maximum Gasteiger partial charge on any atom is 0.140 e. The van der Waals surface area contributed by atoms with Crippen LogP contribution in [0.1, 0.15) is 25.0 Å². The van der Waals surface area contributed by atoms with Crippen molar-refractivity contribution in [2.75, 3.05) is 18.5 Å². The number of likely N-dealkylation sites (N-methyl/N-ethyl adjacent to an activating group) is 2. The minimum atomic E-state index is 0.224. The molecular weight excluding hydrogens is 330 g/mol. The molecule has 2 heterocycles. The number of hydrogen-bond donors (Lipinski definition) is 0. The van der Waals surface area contributed by atoms with E-state index >= 15 is 0 Å². The van der Waals surface area contributed by atoms with Crippen molar-refractivity contribution in [1.82, 2.24) is 4.90 Å². The quantitative estimate of drug-likeness (QED) is 0.764. The van der Waals surface area contributed by atoms with Crippen molar-refractivity contribution in [3.8, 4) is 0 Å². The Labute approximate surface area is 161 Å². The van der Waals surface area contributed by atoms with Crippen molar-refractivity contribution >= 4 is 17.6 Å². The van der Waals surface area contributed by atoms with E-state index in [1.54, 1.807) is 0 Å². The van der Waals surface area contributed by atoms with Gasteiger partial charge in [-0.15, -0.1) is 0 Å². The van der Waals surface area contributed by atoms with Crippen molar-refractivity contribution in [1.29, 1.82) is 0 Å². The maximum atomic E-state index is 4.78. The summed E-state index contributed by atoms with van der Waals surface area (Å²) in [6, 6.07) is 19.2. The second-order valence-electron chi connectivity index (χ2n) is 6.93. The first kappa shape index (κ1) is 17.3. The fraction of sp³-hybridized carbons (Fsp3) is 0.208. The van der Waals surface area contributed by atoms with Crippen LogP contribution in [-0.2, 0) is 0 Å². The highest BCUT2D eigenvalue weighted by Gasteiger charge is 2.22. The van der Waals surface area contributed by atoms with Gasteiger partial charge in [-0.3, -0.25) is 0 Å². The van der Waals surface area contributed by atoms with Crippen LogP contribution < -0.4 is 4.90 Å². The average molecular weight is 355 g/mol. The first-order valence-corrected chi connectivity index (χ1v) is 9.49. The highest BCUT2D eigenvalue weighted by molar-refractivity contribution is 6.01. The van der Waals surface area contributed by atoms with Gasteiger partial charge in [-0.2, -0.15) is 0 Å². The topological polar surface area (TPSA) is 18.8 Å². The number of nitrogens with zero attached hydrogens (tertiary/aromatic N) is 3. The number of benzene rings is 2. The Morgan fingerprint density at radius 1 is 1.04 bits per heavy atom. The second-order valence-corrected chi connectivity index (χ2v) is 6.93. The summed E-state index contributed by atoms with van der Waals surface area (Å²) >= 11 is 0. The van der Waals surface area contributed by atoms with Crippen LogP contribution in [0.15, 0.2) is 89.2 Å². The standard InChI is InChI=1S/C24H25N3/c1-4-27-21(15-14-19-10-8-9-13-23(19)27)17-22-16-18(2)25-24(26(22)3)20-11-6-5-7-12-20/h5-17,21H,4H2,1-3H3/b22-17+. The van der Waals surface area contributed by atoms with Crippen LogP contribution in [0, 0.1) is 0 Å². The van der Waals surface area contributed by atoms with E-state index in [2.05, 4.69) is 104 Å². The SMILES string of the molecule is CCN1c2ccccc2C=CC1/C=C1\C=C(C)N=C(c2ccccc2)N1C. The van der Waals surface area contributed by atoms with Crippen LogP contribution in [0.4, 0.5) is 5.69 Å². The van der Waals surface area contributed by atoms with Gasteiger partial charge in [-0.1, -0.05) is 60.7 Å². The molecule has 1 atom stereocenters. The molecule has 0 radical (unpaired) electrons. The fourth-order valence-electron chi connectivity index (χ4n) is 3.77. The highest BCUT2D eigenvalue weighted by Crippen LogP contribution is 2.30. The molecule has 0 saturated carbocycles. The normalized spacial score (nSPS) is 20.4. The number of aliphatic imine (C=N–C) groups is 1. The van der Waals surface area contributed by atoms with Crippen LogP contribution in [0.2, 0.25) is 0 Å². The monoisotopic (exact) mass is 355 g/mol. The molecule has 2 aromatic rings. The predicted molar refractivity (Wildman–Crippen MR) is 115 cm³/mol. The van der Waals surface area contributed by atoms with Crippen LogP contribution in [0.5, 0.6) is 0 Å². The van der Waals surface area contributed by atoms with Crippen LogP contribution in [0.25, 0.3) is 6.08 Å². The summed E-state index contributed by atoms with van der Waals surface area (Å²) in [5.74, 6) is 0.991. The Morgan fingerprint density at radius 3 is 2.56 bits per heavy atom. The van der Waals surface area contributed by atoms with Gasteiger partial charge in [0.15, 0.2) is 0 Å².